The number of halogens is 3. The molecule has 0 saturated carbocycles. The van der Waals surface area contributed by atoms with E-state index < -0.39 is 5.82 Å². The molecule has 0 fully saturated rings. The number of anilines is 1. The first kappa shape index (κ1) is 15.8. The summed E-state index contributed by atoms with van der Waals surface area (Å²) in [7, 11) is 0. The first-order valence-electron chi connectivity index (χ1n) is 6.24. The third kappa shape index (κ3) is 5.01. The molecule has 0 bridgehead atoms. The van der Waals surface area contributed by atoms with Crippen molar-refractivity contribution in [1.82, 2.24) is 5.32 Å². The van der Waals surface area contributed by atoms with Gasteiger partial charge in [0.2, 0.25) is 5.91 Å². The lowest BCUT2D eigenvalue weighted by atomic mass is 10.2. The number of hydrogen-bond acceptors (Lipinski definition) is 2. The predicted octanol–water partition coefficient (Wildman–Crippen LogP) is 3.86. The van der Waals surface area contributed by atoms with Gasteiger partial charge in [0.25, 0.3) is 0 Å². The summed E-state index contributed by atoms with van der Waals surface area (Å²) in [5.41, 5.74) is 1.44. The highest BCUT2D eigenvalue weighted by Crippen LogP contribution is 2.16. The van der Waals surface area contributed by atoms with E-state index in [2.05, 4.69) is 10.6 Å². The topological polar surface area (TPSA) is 41.1 Å². The van der Waals surface area contributed by atoms with Gasteiger partial charge in [-0.15, -0.1) is 0 Å². The third-order valence-corrected chi connectivity index (χ3v) is 3.23. The molecule has 0 saturated heterocycles. The zero-order valence-electron chi connectivity index (χ0n) is 11.0. The van der Waals surface area contributed by atoms with Gasteiger partial charge in [0.15, 0.2) is 0 Å². The summed E-state index contributed by atoms with van der Waals surface area (Å²) in [6.07, 6.45) is 0. The highest BCUT2D eigenvalue weighted by Gasteiger charge is 2.04. The Bertz CT molecular complexity index is 649. The Balaban J connectivity index is 1.80. The number of benzene rings is 2. The lowest BCUT2D eigenvalue weighted by Gasteiger charge is -2.07. The van der Waals surface area contributed by atoms with Crippen LogP contribution in [0.2, 0.25) is 10.0 Å². The number of carbonyl (C=O) groups is 1. The summed E-state index contributed by atoms with van der Waals surface area (Å²) < 4.78 is 13.0. The third-order valence-electron chi connectivity index (χ3n) is 2.71. The first-order chi connectivity index (χ1) is 10.0. The fourth-order valence-electron chi connectivity index (χ4n) is 1.74. The fourth-order valence-corrected chi connectivity index (χ4v) is 2.13. The molecule has 0 atom stereocenters. The van der Waals surface area contributed by atoms with Crippen molar-refractivity contribution >= 4 is 34.8 Å². The van der Waals surface area contributed by atoms with Crippen LogP contribution in [-0.2, 0) is 11.3 Å². The molecule has 0 aliphatic carbocycles. The van der Waals surface area contributed by atoms with Crippen molar-refractivity contribution in [2.24, 2.45) is 0 Å². The van der Waals surface area contributed by atoms with Crippen LogP contribution in [0.4, 0.5) is 10.1 Å². The Morgan fingerprint density at radius 1 is 1.14 bits per heavy atom. The number of amides is 1. The van der Waals surface area contributed by atoms with Crippen molar-refractivity contribution in [3.63, 3.8) is 0 Å². The SMILES string of the molecule is O=C(CNCc1ccc(F)c(Cl)c1)Nc1cccc(Cl)c1. The maximum Gasteiger partial charge on any atom is 0.238 e. The quantitative estimate of drug-likeness (QED) is 0.875. The molecule has 0 aliphatic heterocycles. The molecule has 0 aliphatic rings. The molecule has 2 aromatic carbocycles. The Kier molecular flexibility index (Phi) is 5.56. The van der Waals surface area contributed by atoms with Crippen molar-refractivity contribution < 1.29 is 9.18 Å². The maximum atomic E-state index is 13.0. The largest absolute Gasteiger partial charge is 0.325 e. The molecule has 2 aromatic rings. The van der Waals surface area contributed by atoms with Gasteiger partial charge in [-0.1, -0.05) is 35.3 Å². The summed E-state index contributed by atoms with van der Waals surface area (Å²) in [4.78, 5) is 11.7. The van der Waals surface area contributed by atoms with Crippen LogP contribution in [0.1, 0.15) is 5.56 Å². The van der Waals surface area contributed by atoms with Crippen molar-refractivity contribution in [2.45, 2.75) is 6.54 Å². The van der Waals surface area contributed by atoms with E-state index in [0.29, 0.717) is 17.3 Å². The van der Waals surface area contributed by atoms with E-state index in [-0.39, 0.29) is 17.5 Å². The Hall–Kier alpha value is -1.62. The molecule has 3 nitrogen and oxygen atoms in total. The zero-order chi connectivity index (χ0) is 15.2. The lowest BCUT2D eigenvalue weighted by molar-refractivity contribution is -0.115. The van der Waals surface area contributed by atoms with Gasteiger partial charge in [0.1, 0.15) is 5.82 Å². The Labute approximate surface area is 132 Å². The highest BCUT2D eigenvalue weighted by molar-refractivity contribution is 6.31. The number of hydrogen-bond donors (Lipinski definition) is 2. The van der Waals surface area contributed by atoms with Crippen LogP contribution in [0.25, 0.3) is 0 Å². The van der Waals surface area contributed by atoms with Crippen LogP contribution in [-0.4, -0.2) is 12.5 Å². The van der Waals surface area contributed by atoms with Crippen LogP contribution in [0.5, 0.6) is 0 Å². The minimum absolute atomic E-state index is 0.0673. The van der Waals surface area contributed by atoms with Crippen LogP contribution in [0.3, 0.4) is 0 Å². The van der Waals surface area contributed by atoms with Gasteiger partial charge in [-0.2, -0.15) is 0 Å². The molecule has 0 aromatic heterocycles. The van der Waals surface area contributed by atoms with Gasteiger partial charge in [-0.25, -0.2) is 4.39 Å². The van der Waals surface area contributed by atoms with Crippen molar-refractivity contribution in [1.29, 1.82) is 0 Å². The highest BCUT2D eigenvalue weighted by atomic mass is 35.5. The molecule has 6 heteroatoms. The molecule has 0 spiro atoms. The average molecular weight is 327 g/mol. The van der Waals surface area contributed by atoms with Gasteiger partial charge in [-0.3, -0.25) is 4.79 Å². The summed E-state index contributed by atoms with van der Waals surface area (Å²) in [6, 6.07) is 11.3. The molecule has 110 valence electrons. The zero-order valence-corrected chi connectivity index (χ0v) is 12.5. The second-order valence-electron chi connectivity index (χ2n) is 4.41. The lowest BCUT2D eigenvalue weighted by Crippen LogP contribution is -2.27. The molecule has 21 heavy (non-hydrogen) atoms. The number of rotatable bonds is 5. The summed E-state index contributed by atoms with van der Waals surface area (Å²) >= 11 is 11.5. The number of carbonyl (C=O) groups excluding carboxylic acids is 1. The van der Waals surface area contributed by atoms with E-state index in [9.17, 15) is 9.18 Å². The van der Waals surface area contributed by atoms with E-state index in [0.717, 1.165) is 5.56 Å². The first-order valence-corrected chi connectivity index (χ1v) is 7.00. The molecule has 0 radical (unpaired) electrons. The van der Waals surface area contributed by atoms with Crippen LogP contribution in [0, 0.1) is 5.82 Å². The molecular formula is C15H13Cl2FN2O. The van der Waals surface area contributed by atoms with E-state index >= 15 is 0 Å². The van der Waals surface area contributed by atoms with E-state index in [4.69, 9.17) is 23.2 Å². The fraction of sp³-hybridized carbons (Fsp3) is 0.133. The second-order valence-corrected chi connectivity index (χ2v) is 5.25. The van der Waals surface area contributed by atoms with Gasteiger partial charge in [0.05, 0.1) is 11.6 Å². The molecule has 0 heterocycles. The van der Waals surface area contributed by atoms with Gasteiger partial charge in [-0.05, 0) is 35.9 Å². The monoisotopic (exact) mass is 326 g/mol. The minimum atomic E-state index is -0.459. The molecular weight excluding hydrogens is 314 g/mol. The van der Waals surface area contributed by atoms with Crippen molar-refractivity contribution in [2.75, 3.05) is 11.9 Å². The predicted molar refractivity (Wildman–Crippen MR) is 83.2 cm³/mol. The van der Waals surface area contributed by atoms with E-state index in [1.54, 1.807) is 30.3 Å². The molecule has 1 amide bonds. The standard InChI is InChI=1S/C15H13Cl2FN2O/c16-11-2-1-3-12(7-11)20-15(21)9-19-8-10-4-5-14(18)13(17)6-10/h1-7,19H,8-9H2,(H,20,21). The van der Waals surface area contributed by atoms with Crippen molar-refractivity contribution in [3.8, 4) is 0 Å². The van der Waals surface area contributed by atoms with Gasteiger partial charge < -0.3 is 10.6 Å². The minimum Gasteiger partial charge on any atom is -0.325 e. The van der Waals surface area contributed by atoms with Crippen LogP contribution in [0.15, 0.2) is 42.5 Å². The average Bonchev–Trinajstić information content (AvgIpc) is 2.43. The Morgan fingerprint density at radius 3 is 2.67 bits per heavy atom. The molecule has 2 rings (SSSR count). The second kappa shape index (κ2) is 7.41. The molecule has 2 N–H and O–H groups in total. The van der Waals surface area contributed by atoms with E-state index in [1.165, 1.54) is 12.1 Å². The number of nitrogens with one attached hydrogen (secondary N) is 2. The van der Waals surface area contributed by atoms with Crippen LogP contribution >= 0.6 is 23.2 Å². The normalized spacial score (nSPS) is 10.4. The van der Waals surface area contributed by atoms with Gasteiger partial charge >= 0.3 is 0 Å². The smallest absolute Gasteiger partial charge is 0.238 e. The maximum absolute atomic E-state index is 13.0. The summed E-state index contributed by atoms with van der Waals surface area (Å²) in [6.45, 7) is 0.546. The summed E-state index contributed by atoms with van der Waals surface area (Å²) in [5, 5.41) is 6.30. The molecule has 0 unspecified atom stereocenters. The van der Waals surface area contributed by atoms with Crippen LogP contribution < -0.4 is 10.6 Å². The van der Waals surface area contributed by atoms with E-state index in [1.807, 2.05) is 0 Å². The van der Waals surface area contributed by atoms with Gasteiger partial charge in [0, 0.05) is 17.3 Å². The van der Waals surface area contributed by atoms with Crippen molar-refractivity contribution in [3.05, 3.63) is 63.9 Å². The Morgan fingerprint density at radius 2 is 1.95 bits per heavy atom. The summed E-state index contributed by atoms with van der Waals surface area (Å²) in [5.74, 6) is -0.649.